The van der Waals surface area contributed by atoms with Crippen LogP contribution in [0.1, 0.15) is 11.1 Å². The predicted octanol–water partition coefficient (Wildman–Crippen LogP) is 4.20. The van der Waals surface area contributed by atoms with Crippen LogP contribution in [0.15, 0.2) is 61.2 Å². The Morgan fingerprint density at radius 2 is 1.65 bits per heavy atom. The molecule has 0 unspecified atom stereocenters. The highest BCUT2D eigenvalue weighted by molar-refractivity contribution is 5.87. The molecule has 2 heteroatoms. The number of ether oxygens (including phenoxy) is 1. The standard InChI is InChI=1S/C18H17NO/c1-13-12-18(20-17-7-5-4-6-16(13)17)14-8-10-15(11-9-14)19(2)3/h4-12H,1H2,2-3H3. The maximum atomic E-state index is 5.98. The molecule has 2 nitrogen and oxygen atoms in total. The van der Waals surface area contributed by atoms with Gasteiger partial charge in [-0.1, -0.05) is 24.8 Å². The first kappa shape index (κ1) is 12.5. The van der Waals surface area contributed by atoms with Gasteiger partial charge in [0.25, 0.3) is 0 Å². The minimum atomic E-state index is 0.846. The first-order valence-corrected chi connectivity index (χ1v) is 6.61. The molecular weight excluding hydrogens is 246 g/mol. The van der Waals surface area contributed by atoms with Gasteiger partial charge in [-0.3, -0.25) is 0 Å². The average Bonchev–Trinajstić information content (AvgIpc) is 2.47. The van der Waals surface area contributed by atoms with Gasteiger partial charge in [-0.25, -0.2) is 0 Å². The summed E-state index contributed by atoms with van der Waals surface area (Å²) in [7, 11) is 4.06. The molecular formula is C18H17NO. The van der Waals surface area contributed by atoms with Gasteiger partial charge in [-0.05, 0) is 42.0 Å². The summed E-state index contributed by atoms with van der Waals surface area (Å²) in [6.45, 7) is 4.11. The van der Waals surface area contributed by atoms with Gasteiger partial charge in [0.1, 0.15) is 11.5 Å². The van der Waals surface area contributed by atoms with Crippen molar-refractivity contribution in [3.8, 4) is 5.75 Å². The topological polar surface area (TPSA) is 12.5 Å². The number of rotatable bonds is 2. The Balaban J connectivity index is 1.94. The summed E-state index contributed by atoms with van der Waals surface area (Å²) in [6.07, 6.45) is 1.99. The third kappa shape index (κ3) is 2.21. The van der Waals surface area contributed by atoms with Crippen LogP contribution < -0.4 is 9.64 Å². The van der Waals surface area contributed by atoms with Crippen molar-refractivity contribution >= 4 is 17.0 Å². The summed E-state index contributed by atoms with van der Waals surface area (Å²) in [4.78, 5) is 2.08. The minimum absolute atomic E-state index is 0.846. The van der Waals surface area contributed by atoms with E-state index in [0.29, 0.717) is 0 Å². The lowest BCUT2D eigenvalue weighted by Gasteiger charge is -2.20. The van der Waals surface area contributed by atoms with Crippen LogP contribution in [0.5, 0.6) is 5.75 Å². The second-order valence-electron chi connectivity index (χ2n) is 5.07. The summed E-state index contributed by atoms with van der Waals surface area (Å²) >= 11 is 0. The van der Waals surface area contributed by atoms with E-state index in [0.717, 1.165) is 28.2 Å². The van der Waals surface area contributed by atoms with E-state index >= 15 is 0 Å². The van der Waals surface area contributed by atoms with Gasteiger partial charge in [0.2, 0.25) is 0 Å². The van der Waals surface area contributed by atoms with Gasteiger partial charge in [0.05, 0.1) is 0 Å². The van der Waals surface area contributed by atoms with Crippen molar-refractivity contribution in [1.82, 2.24) is 0 Å². The van der Waals surface area contributed by atoms with E-state index in [1.54, 1.807) is 0 Å². The van der Waals surface area contributed by atoms with E-state index in [1.165, 1.54) is 5.69 Å². The number of allylic oxidation sites excluding steroid dienone is 2. The van der Waals surface area contributed by atoms with Crippen molar-refractivity contribution in [2.24, 2.45) is 0 Å². The smallest absolute Gasteiger partial charge is 0.135 e. The highest BCUT2D eigenvalue weighted by Crippen LogP contribution is 2.35. The summed E-state index contributed by atoms with van der Waals surface area (Å²) in [5, 5.41) is 0. The Labute approximate surface area is 119 Å². The van der Waals surface area contributed by atoms with Crippen LogP contribution in [-0.2, 0) is 0 Å². The predicted molar refractivity (Wildman–Crippen MR) is 84.9 cm³/mol. The van der Waals surface area contributed by atoms with Gasteiger partial charge in [-0.15, -0.1) is 0 Å². The van der Waals surface area contributed by atoms with Crippen molar-refractivity contribution in [3.05, 3.63) is 72.3 Å². The van der Waals surface area contributed by atoms with Crippen LogP contribution in [0.25, 0.3) is 11.3 Å². The van der Waals surface area contributed by atoms with Crippen LogP contribution in [0, 0.1) is 0 Å². The van der Waals surface area contributed by atoms with Gasteiger partial charge in [0, 0.05) is 30.9 Å². The third-order valence-corrected chi connectivity index (χ3v) is 3.43. The fourth-order valence-corrected chi connectivity index (χ4v) is 2.27. The van der Waals surface area contributed by atoms with Crippen molar-refractivity contribution in [1.29, 1.82) is 0 Å². The Morgan fingerprint density at radius 1 is 0.950 bits per heavy atom. The molecule has 0 bridgehead atoms. The number of para-hydroxylation sites is 1. The fraction of sp³-hybridized carbons (Fsp3) is 0.111. The second kappa shape index (κ2) is 4.89. The maximum Gasteiger partial charge on any atom is 0.135 e. The van der Waals surface area contributed by atoms with Crippen molar-refractivity contribution in [3.63, 3.8) is 0 Å². The molecule has 2 aromatic carbocycles. The second-order valence-corrected chi connectivity index (χ2v) is 5.07. The Morgan fingerprint density at radius 3 is 2.35 bits per heavy atom. The minimum Gasteiger partial charge on any atom is -0.456 e. The van der Waals surface area contributed by atoms with Crippen molar-refractivity contribution in [2.75, 3.05) is 19.0 Å². The first-order valence-electron chi connectivity index (χ1n) is 6.61. The Bertz CT molecular complexity index is 681. The SMILES string of the molecule is C=C1C=C(c2ccc(N(C)C)cc2)Oc2ccccc21. The van der Waals surface area contributed by atoms with E-state index in [2.05, 4.69) is 35.7 Å². The molecule has 1 heterocycles. The lowest BCUT2D eigenvalue weighted by molar-refractivity contribution is 0.509. The molecule has 0 amide bonds. The van der Waals surface area contributed by atoms with E-state index in [4.69, 9.17) is 4.74 Å². The zero-order valence-electron chi connectivity index (χ0n) is 11.8. The van der Waals surface area contributed by atoms with Crippen molar-refractivity contribution < 1.29 is 4.74 Å². The molecule has 2 aromatic rings. The first-order chi connectivity index (χ1) is 9.65. The molecule has 1 aliphatic rings. The zero-order chi connectivity index (χ0) is 14.1. The molecule has 20 heavy (non-hydrogen) atoms. The average molecular weight is 263 g/mol. The normalized spacial score (nSPS) is 13.3. The number of anilines is 1. The summed E-state index contributed by atoms with van der Waals surface area (Å²) in [6, 6.07) is 16.3. The largest absolute Gasteiger partial charge is 0.456 e. The van der Waals surface area contributed by atoms with Crippen LogP contribution in [0.3, 0.4) is 0 Å². The highest BCUT2D eigenvalue weighted by Gasteiger charge is 2.16. The fourth-order valence-electron chi connectivity index (χ4n) is 2.27. The lowest BCUT2D eigenvalue weighted by atomic mass is 10.0. The maximum absolute atomic E-state index is 5.98. The van der Waals surface area contributed by atoms with Gasteiger partial charge in [-0.2, -0.15) is 0 Å². The van der Waals surface area contributed by atoms with Crippen LogP contribution in [0.4, 0.5) is 5.69 Å². The molecule has 0 aromatic heterocycles. The molecule has 0 N–H and O–H groups in total. The van der Waals surface area contributed by atoms with Gasteiger partial charge < -0.3 is 9.64 Å². The molecule has 1 aliphatic heterocycles. The number of hydrogen-bond acceptors (Lipinski definition) is 2. The van der Waals surface area contributed by atoms with E-state index < -0.39 is 0 Å². The van der Waals surface area contributed by atoms with E-state index in [1.807, 2.05) is 44.4 Å². The highest BCUT2D eigenvalue weighted by atomic mass is 16.5. The number of benzene rings is 2. The van der Waals surface area contributed by atoms with Crippen LogP contribution >= 0.6 is 0 Å². The Hall–Kier alpha value is -2.48. The third-order valence-electron chi connectivity index (χ3n) is 3.43. The number of hydrogen-bond donors (Lipinski definition) is 0. The van der Waals surface area contributed by atoms with Gasteiger partial charge in [0.15, 0.2) is 0 Å². The summed E-state index contributed by atoms with van der Waals surface area (Å²) in [5.74, 6) is 1.71. The number of fused-ring (bicyclic) bond motifs is 1. The van der Waals surface area contributed by atoms with E-state index in [-0.39, 0.29) is 0 Å². The molecule has 3 rings (SSSR count). The van der Waals surface area contributed by atoms with Crippen LogP contribution in [0.2, 0.25) is 0 Å². The lowest BCUT2D eigenvalue weighted by Crippen LogP contribution is -2.08. The summed E-state index contributed by atoms with van der Waals surface area (Å²) < 4.78 is 5.98. The quantitative estimate of drug-likeness (QED) is 0.805. The van der Waals surface area contributed by atoms with Crippen molar-refractivity contribution in [2.45, 2.75) is 0 Å². The zero-order valence-corrected chi connectivity index (χ0v) is 11.8. The number of nitrogens with zero attached hydrogens (tertiary/aromatic N) is 1. The molecule has 0 saturated heterocycles. The monoisotopic (exact) mass is 263 g/mol. The molecule has 0 spiro atoms. The van der Waals surface area contributed by atoms with Crippen LogP contribution in [-0.4, -0.2) is 14.1 Å². The molecule has 0 atom stereocenters. The molecule has 100 valence electrons. The van der Waals surface area contributed by atoms with Gasteiger partial charge >= 0.3 is 0 Å². The summed E-state index contributed by atoms with van der Waals surface area (Å²) in [5.41, 5.74) is 4.27. The van der Waals surface area contributed by atoms with E-state index in [9.17, 15) is 0 Å². The Kier molecular flexibility index (Phi) is 3.07. The molecule has 0 fully saturated rings. The molecule has 0 aliphatic carbocycles. The molecule has 0 saturated carbocycles. The molecule has 0 radical (unpaired) electrons.